The van der Waals surface area contributed by atoms with Crippen LogP contribution in [0, 0.1) is 0 Å². The highest BCUT2D eigenvalue weighted by Gasteiger charge is 2.41. The van der Waals surface area contributed by atoms with Crippen molar-refractivity contribution in [1.29, 1.82) is 0 Å². The highest BCUT2D eigenvalue weighted by molar-refractivity contribution is 6.43. The van der Waals surface area contributed by atoms with E-state index >= 15 is 0 Å². The van der Waals surface area contributed by atoms with Crippen LogP contribution in [0.5, 0.6) is 0 Å². The van der Waals surface area contributed by atoms with Gasteiger partial charge >= 0.3 is 7.12 Å². The quantitative estimate of drug-likeness (QED) is 0.0169. The summed E-state index contributed by atoms with van der Waals surface area (Å²) < 4.78 is 0. The molecular formula is C44H76BN15O11. The van der Waals surface area contributed by atoms with Crippen molar-refractivity contribution in [2.45, 2.75) is 76.0 Å². The first-order chi connectivity index (χ1) is 33.7. The van der Waals surface area contributed by atoms with Gasteiger partial charge in [0.15, 0.2) is 5.96 Å². The summed E-state index contributed by atoms with van der Waals surface area (Å²) in [4.78, 5) is 115. The monoisotopic (exact) mass is 1000 g/mol. The molecule has 2 fully saturated rings. The highest BCUT2D eigenvalue weighted by atomic mass is 16.4. The minimum Gasteiger partial charge on any atom is -0.426 e. The number of nitrogens with zero attached hydrogens (tertiary/aromatic N) is 7. The van der Waals surface area contributed by atoms with Crippen molar-refractivity contribution >= 4 is 60.3 Å². The number of carbonyl (C=O) groups excluding carboxylic acids is 8. The Morgan fingerprint density at radius 1 is 0.746 bits per heavy atom. The van der Waals surface area contributed by atoms with Gasteiger partial charge in [-0.1, -0.05) is 12.1 Å². The third-order valence-electron chi connectivity index (χ3n) is 12.1. The van der Waals surface area contributed by atoms with E-state index in [4.69, 9.17) is 28.7 Å². The van der Waals surface area contributed by atoms with E-state index in [-0.39, 0.29) is 94.8 Å². The Hall–Kier alpha value is -5.97. The Morgan fingerprint density at radius 2 is 1.30 bits per heavy atom. The second kappa shape index (κ2) is 31.4. The van der Waals surface area contributed by atoms with Gasteiger partial charge in [-0.15, -0.1) is 0 Å². The summed E-state index contributed by atoms with van der Waals surface area (Å²) in [6, 6.07) is 5.63. The lowest BCUT2D eigenvalue weighted by Gasteiger charge is -2.33. The molecule has 26 nitrogen and oxygen atoms in total. The van der Waals surface area contributed by atoms with Gasteiger partial charge in [0.2, 0.25) is 41.4 Å². The summed E-state index contributed by atoms with van der Waals surface area (Å²) in [5.74, 6) is -4.48. The molecule has 0 aliphatic carbocycles. The number of primary amides is 3. The lowest BCUT2D eigenvalue weighted by Crippen LogP contribution is -2.50. The molecule has 0 spiro atoms. The van der Waals surface area contributed by atoms with Crippen molar-refractivity contribution < 1.29 is 53.5 Å². The van der Waals surface area contributed by atoms with E-state index in [1.165, 1.54) is 0 Å². The fourth-order valence-corrected chi connectivity index (χ4v) is 8.26. The second-order valence-corrected chi connectivity index (χ2v) is 18.0. The number of unbranched alkanes of at least 4 members (excludes halogenated alkanes) is 1. The first-order valence-corrected chi connectivity index (χ1v) is 24.0. The van der Waals surface area contributed by atoms with Crippen molar-refractivity contribution in [3.8, 4) is 0 Å². The van der Waals surface area contributed by atoms with Gasteiger partial charge < -0.3 is 74.5 Å². The number of nitrogens with two attached hydrogens (primary N) is 5. The average Bonchev–Trinajstić information content (AvgIpc) is 3.71. The average molecular weight is 1000 g/mol. The largest absolute Gasteiger partial charge is 0.475 e. The van der Waals surface area contributed by atoms with Crippen LogP contribution in [-0.4, -0.2) is 235 Å². The summed E-state index contributed by atoms with van der Waals surface area (Å²) in [7, 11) is -0.163. The zero-order valence-corrected chi connectivity index (χ0v) is 40.9. The molecule has 0 saturated carbocycles. The van der Waals surface area contributed by atoms with Crippen LogP contribution in [0.25, 0.3) is 0 Å². The summed E-state index contributed by atoms with van der Waals surface area (Å²) in [5, 5.41) is 37.1. The Morgan fingerprint density at radius 3 is 1.82 bits per heavy atom. The van der Waals surface area contributed by atoms with Crippen molar-refractivity contribution in [3.05, 3.63) is 35.4 Å². The fraction of sp³-hybridized carbons (Fsp3) is 0.659. The molecule has 27 heteroatoms. The van der Waals surface area contributed by atoms with Crippen LogP contribution >= 0.6 is 0 Å². The number of amides is 8. The van der Waals surface area contributed by atoms with E-state index in [1.807, 2.05) is 14.7 Å². The Balaban J connectivity index is 1.46. The third-order valence-corrected chi connectivity index (χ3v) is 12.1. The molecule has 2 unspecified atom stereocenters. The van der Waals surface area contributed by atoms with Gasteiger partial charge in [-0.3, -0.25) is 58.0 Å². The van der Waals surface area contributed by atoms with Crippen LogP contribution in [-0.2, 0) is 40.1 Å². The topological polar surface area (TPSA) is 395 Å². The fourth-order valence-electron chi connectivity index (χ4n) is 8.26. The van der Waals surface area contributed by atoms with Gasteiger partial charge in [0.1, 0.15) is 6.04 Å². The van der Waals surface area contributed by atoms with E-state index in [0.29, 0.717) is 84.6 Å². The Labute approximate surface area is 415 Å². The summed E-state index contributed by atoms with van der Waals surface area (Å²) in [6.07, 6.45) is 1.52. The maximum atomic E-state index is 13.4. The number of aliphatic hydroxyl groups excluding tert-OH is 1. The van der Waals surface area contributed by atoms with E-state index in [0.717, 1.165) is 10.5 Å². The number of hydrogen-bond donors (Lipinski definition) is 11. The molecule has 2 heterocycles. The summed E-state index contributed by atoms with van der Waals surface area (Å²) in [5.41, 5.74) is 28.5. The van der Waals surface area contributed by atoms with Gasteiger partial charge in [-0.25, -0.2) is 0 Å². The first-order valence-electron chi connectivity index (χ1n) is 24.0. The summed E-state index contributed by atoms with van der Waals surface area (Å²) >= 11 is 0. The number of guanidine groups is 1. The second-order valence-electron chi connectivity index (χ2n) is 18.0. The molecule has 8 amide bonds. The summed E-state index contributed by atoms with van der Waals surface area (Å²) in [6.45, 7) is 4.60. The smallest absolute Gasteiger partial charge is 0.426 e. The van der Waals surface area contributed by atoms with Crippen molar-refractivity contribution in [2.75, 3.05) is 112 Å². The van der Waals surface area contributed by atoms with Gasteiger partial charge in [-0.05, 0) is 62.8 Å². The molecule has 3 rings (SSSR count). The van der Waals surface area contributed by atoms with Gasteiger partial charge in [0.25, 0.3) is 5.91 Å². The molecule has 0 aromatic heterocycles. The Bertz CT molecular complexity index is 1910. The maximum Gasteiger partial charge on any atom is 0.475 e. The maximum absolute atomic E-state index is 13.4. The van der Waals surface area contributed by atoms with Crippen LogP contribution in [0.15, 0.2) is 29.3 Å². The molecule has 1 aromatic carbocycles. The molecule has 2 aliphatic rings. The van der Waals surface area contributed by atoms with Crippen LogP contribution in [0.1, 0.15) is 67.3 Å². The lowest BCUT2D eigenvalue weighted by molar-refractivity contribution is -0.131. The predicted octanol–water partition coefficient (Wildman–Crippen LogP) is -6.37. The van der Waals surface area contributed by atoms with E-state index in [2.05, 4.69) is 25.8 Å². The molecule has 16 N–H and O–H groups in total. The number of likely N-dealkylation sites (tertiary alicyclic amines) is 1. The number of rotatable bonds is 27. The number of aliphatic imine (C=N–C) groups is 1. The first kappa shape index (κ1) is 59.3. The molecule has 1 aromatic rings. The molecular weight excluding hydrogens is 925 g/mol. The molecule has 396 valence electrons. The molecule has 0 radical (unpaired) electrons. The molecule has 3 atom stereocenters. The standard InChI is InChI=1S/C44H76BN15O11/c1-55(26-31-9-11-32(12-10-31)42(68)53-25-41(67)60-27-33(61)24-35(60)45(70)71)40(66)8-2-3-13-51-43(69)34(6-4-14-52-44(49)50)54-39(65)7-5-15-56-16-18-57(28-36(46)62)20-22-59(30-38(48)64)23-21-58(19-17-56)29-37(47)63/h9-12,33-35,61,70-71H,2-8,13-30H2,1H3,(H2,46,62)(H2,47,63)(H2,48,64)(H,51,69)(H,53,68)(H,54,65)(H4,49,50,52)/t33?,34-,35?/m0/s1. The molecule has 71 heavy (non-hydrogen) atoms. The minimum absolute atomic E-state index is 0.0155. The normalized spacial score (nSPS) is 18.0. The van der Waals surface area contributed by atoms with Crippen LogP contribution in [0.2, 0.25) is 0 Å². The van der Waals surface area contributed by atoms with Gasteiger partial charge in [0.05, 0.1) is 38.2 Å². The van der Waals surface area contributed by atoms with Crippen LogP contribution in [0.4, 0.5) is 0 Å². The number of β-amino-alcohol motifs (C(OH)–C–C–N with tert-alkyl or cyclic N) is 1. The molecule has 0 bridgehead atoms. The minimum atomic E-state index is -1.82. The van der Waals surface area contributed by atoms with Gasteiger partial charge in [0, 0.05) is 104 Å². The zero-order chi connectivity index (χ0) is 52.5. The van der Waals surface area contributed by atoms with Crippen molar-refractivity contribution in [2.24, 2.45) is 33.7 Å². The van der Waals surface area contributed by atoms with Crippen LogP contribution in [0.3, 0.4) is 0 Å². The molecule has 2 saturated heterocycles. The highest BCUT2D eigenvalue weighted by Crippen LogP contribution is 2.19. The number of hydrogen-bond acceptors (Lipinski definition) is 16. The molecule has 2 aliphatic heterocycles. The lowest BCUT2D eigenvalue weighted by atomic mass is 9.77. The number of aliphatic hydroxyl groups is 1. The SMILES string of the molecule is CN(Cc1ccc(C(=O)NCC(=O)N2CC(O)CC2B(O)O)cc1)C(=O)CCCCNC(=O)[C@H](CCCN=C(N)N)NC(=O)CCCN1CCN(CC(N)=O)CCN(CC(N)=O)CCN(CC(N)=O)CC1. The van der Waals surface area contributed by atoms with E-state index in [1.54, 1.807) is 36.2 Å². The predicted molar refractivity (Wildman–Crippen MR) is 263 cm³/mol. The Kier molecular flexibility index (Phi) is 26.2. The number of carbonyl (C=O) groups is 8. The number of nitrogens with one attached hydrogen (secondary N) is 3. The van der Waals surface area contributed by atoms with Crippen LogP contribution < -0.4 is 44.6 Å². The zero-order valence-electron chi connectivity index (χ0n) is 40.9. The van der Waals surface area contributed by atoms with Gasteiger partial charge in [-0.2, -0.15) is 0 Å². The van der Waals surface area contributed by atoms with Crippen molar-refractivity contribution in [3.63, 3.8) is 0 Å². The van der Waals surface area contributed by atoms with E-state index in [9.17, 15) is 53.5 Å². The number of benzene rings is 1. The van der Waals surface area contributed by atoms with E-state index < -0.39 is 67.2 Å². The van der Waals surface area contributed by atoms with Crippen molar-refractivity contribution in [1.82, 2.24) is 45.3 Å². The third kappa shape index (κ3) is 23.7.